The molecule has 0 aliphatic carbocycles. The summed E-state index contributed by atoms with van der Waals surface area (Å²) in [6.07, 6.45) is 0. The van der Waals surface area contributed by atoms with Gasteiger partial charge in [0.05, 0.1) is 0 Å². The first kappa shape index (κ1) is 56.2. The Morgan fingerprint density at radius 2 is 0.333 bits per heavy atom. The third-order valence-electron chi connectivity index (χ3n) is 0. The van der Waals surface area contributed by atoms with Crippen LogP contribution in [0.5, 0.6) is 0 Å². The zero-order valence-corrected chi connectivity index (χ0v) is 25.5. The van der Waals surface area contributed by atoms with Crippen molar-refractivity contribution in [2.45, 2.75) is 0 Å². The van der Waals surface area contributed by atoms with Crippen LogP contribution in [0.1, 0.15) is 0 Å². The van der Waals surface area contributed by atoms with Crippen molar-refractivity contribution in [3.05, 3.63) is 0 Å². The van der Waals surface area contributed by atoms with Gasteiger partial charge >= 0.3 is 112 Å². The standard InChI is InChI=1S/2Na.5O3Si.2Zr/c;;5*1-4(2)3;;/q2*+1;5*-2;2*+4. The summed E-state index contributed by atoms with van der Waals surface area (Å²) in [7, 11) is -18.1. The monoisotopic (exact) mass is 606 g/mol. The molecule has 0 bridgehead atoms. The van der Waals surface area contributed by atoms with Crippen LogP contribution in [0.15, 0.2) is 0 Å². The van der Waals surface area contributed by atoms with Gasteiger partial charge in [0, 0.05) is 45.9 Å². The second-order valence-corrected chi connectivity index (χ2v) is 3.75. The summed E-state index contributed by atoms with van der Waals surface area (Å²) >= 11 is 0. The average Bonchev–Trinajstić information content (AvgIpc) is 1.94. The van der Waals surface area contributed by atoms with Crippen LogP contribution in [-0.4, -0.2) is 45.9 Å². The van der Waals surface area contributed by atoms with Gasteiger partial charge in [0.25, 0.3) is 0 Å². The summed E-state index contributed by atoms with van der Waals surface area (Å²) in [6, 6.07) is 0. The minimum Gasteiger partial charge on any atom is -0.672 e. The fourth-order valence-electron chi connectivity index (χ4n) is 0. The number of rotatable bonds is 0. The molecular weight excluding hydrogens is 609 g/mol. The predicted octanol–water partition coefficient (Wildman–Crippen LogP) is -20.4. The fourth-order valence-corrected chi connectivity index (χ4v) is 0. The summed E-state index contributed by atoms with van der Waals surface area (Å²) in [6.45, 7) is 0. The van der Waals surface area contributed by atoms with E-state index in [2.05, 4.69) is 0 Å². The van der Waals surface area contributed by atoms with Gasteiger partial charge in [0.15, 0.2) is 0 Å². The number of hydrogen-bond acceptors (Lipinski definition) is 15. The van der Waals surface area contributed by atoms with E-state index in [4.69, 9.17) is 70.3 Å². The minimum atomic E-state index is -3.63. The topological polar surface area (TPSA) is 316 Å². The second-order valence-electron chi connectivity index (χ2n) is 1.25. The maximum atomic E-state index is 8.52. The molecule has 24 heteroatoms. The zero-order valence-electron chi connectivity index (χ0n) is 11.6. The van der Waals surface area contributed by atoms with Crippen molar-refractivity contribution >= 4 is 45.9 Å². The van der Waals surface area contributed by atoms with E-state index in [0.29, 0.717) is 0 Å². The molecule has 0 saturated heterocycles. The smallest absolute Gasteiger partial charge is 0.672 e. The first-order chi connectivity index (χ1) is 8.66. The summed E-state index contributed by atoms with van der Waals surface area (Å²) in [5.74, 6) is 0. The van der Waals surface area contributed by atoms with Crippen LogP contribution < -0.4 is 107 Å². The Morgan fingerprint density at radius 1 is 0.333 bits per heavy atom. The van der Waals surface area contributed by atoms with Gasteiger partial charge in [-0.25, -0.2) is 0 Å². The molecule has 24 heavy (non-hydrogen) atoms. The van der Waals surface area contributed by atoms with Crippen LogP contribution >= 0.6 is 0 Å². The van der Waals surface area contributed by atoms with E-state index in [1.165, 1.54) is 0 Å². The molecule has 0 aliphatic heterocycles. The minimum absolute atomic E-state index is 0. The molecule has 0 aliphatic rings. The third-order valence-corrected chi connectivity index (χ3v) is 0. The SMILES string of the molecule is O=[Si]([O-])[O-].O=[Si]([O-])[O-].O=[Si]([O-])[O-].O=[Si]([O-])[O-].O=[Si]([O-])[O-].[Na+].[Na+].[Zr+4].[Zr+4]. The first-order valence-electron chi connectivity index (χ1n) is 3.06. The van der Waals surface area contributed by atoms with Crippen LogP contribution in [0, 0.1) is 0 Å². The molecule has 0 spiro atoms. The third kappa shape index (κ3) is 3640. The largest absolute Gasteiger partial charge is 4.00 e. The van der Waals surface area contributed by atoms with Crippen molar-refractivity contribution in [1.82, 2.24) is 0 Å². The molecule has 0 unspecified atom stereocenters. The Bertz CT molecular complexity index is 221. The van der Waals surface area contributed by atoms with Crippen LogP contribution in [0.2, 0.25) is 0 Å². The first-order valence-corrected chi connectivity index (χ1v) is 9.19. The van der Waals surface area contributed by atoms with Crippen LogP contribution in [0.3, 0.4) is 0 Å². The zero-order chi connectivity index (χ0) is 17.9. The normalized spacial score (nSPS) is 5.00. The maximum Gasteiger partial charge on any atom is 4.00 e. The predicted molar refractivity (Wildman–Crippen MR) is 32.2 cm³/mol. The Hall–Kier alpha value is 1.85. The van der Waals surface area contributed by atoms with E-state index in [9.17, 15) is 0 Å². The Balaban J connectivity index is -0.0000000161. The second kappa shape index (κ2) is 49.8. The molecule has 0 aromatic heterocycles. The van der Waals surface area contributed by atoms with Crippen LogP contribution in [0.25, 0.3) is 0 Å². The van der Waals surface area contributed by atoms with Crippen molar-refractivity contribution in [3.8, 4) is 0 Å². The Morgan fingerprint density at radius 3 is 0.333 bits per heavy atom. The van der Waals surface area contributed by atoms with Gasteiger partial charge in [-0.05, 0) is 0 Å². The maximum absolute atomic E-state index is 8.52. The molecule has 0 fully saturated rings. The summed E-state index contributed by atoms with van der Waals surface area (Å²) in [4.78, 5) is 85.2. The number of hydrogen-bond donors (Lipinski definition) is 0. The van der Waals surface area contributed by atoms with E-state index in [1.54, 1.807) is 0 Å². The van der Waals surface area contributed by atoms with Gasteiger partial charge in [-0.1, -0.05) is 0 Å². The van der Waals surface area contributed by atoms with Gasteiger partial charge in [0.1, 0.15) is 0 Å². The molecule has 0 radical (unpaired) electrons. The van der Waals surface area contributed by atoms with Gasteiger partial charge in [-0.2, -0.15) is 0 Å². The van der Waals surface area contributed by atoms with E-state index in [-0.39, 0.29) is 112 Å². The molecule has 0 atom stereocenters. The molecule has 0 aromatic rings. The van der Waals surface area contributed by atoms with E-state index in [0.717, 1.165) is 0 Å². The van der Waals surface area contributed by atoms with E-state index in [1.807, 2.05) is 0 Å². The fraction of sp³-hybridized carbons (Fsp3) is 0. The van der Waals surface area contributed by atoms with Crippen molar-refractivity contribution < 1.29 is 182 Å². The van der Waals surface area contributed by atoms with Crippen molar-refractivity contribution in [1.29, 1.82) is 0 Å². The Labute approximate surface area is 224 Å². The van der Waals surface area contributed by atoms with Gasteiger partial charge in [0.2, 0.25) is 0 Å². The summed E-state index contributed by atoms with van der Waals surface area (Å²) < 4.78 is 42.6. The molecule has 0 N–H and O–H groups in total. The quantitative estimate of drug-likeness (QED) is 0.230. The van der Waals surface area contributed by atoms with Gasteiger partial charge < -0.3 is 70.3 Å². The van der Waals surface area contributed by atoms with E-state index < -0.39 is 45.9 Å². The summed E-state index contributed by atoms with van der Waals surface area (Å²) in [5, 5.41) is 0. The molecule has 120 valence electrons. The molecular formula is Na2O15Si5Zr2. The molecule has 15 nitrogen and oxygen atoms in total. The van der Waals surface area contributed by atoms with Crippen molar-refractivity contribution in [2.75, 3.05) is 0 Å². The van der Waals surface area contributed by atoms with Crippen LogP contribution in [-0.2, 0) is 74.7 Å². The van der Waals surface area contributed by atoms with Gasteiger partial charge in [-0.3, -0.25) is 0 Å². The summed E-state index contributed by atoms with van der Waals surface area (Å²) in [5.41, 5.74) is 0. The Kier molecular flexibility index (Phi) is 117. The average molecular weight is 609 g/mol. The molecule has 0 saturated carbocycles. The molecule has 0 amide bonds. The van der Waals surface area contributed by atoms with Gasteiger partial charge in [-0.15, -0.1) is 0 Å². The van der Waals surface area contributed by atoms with Crippen molar-refractivity contribution in [3.63, 3.8) is 0 Å². The molecule has 0 aromatic carbocycles. The van der Waals surface area contributed by atoms with E-state index >= 15 is 0 Å². The van der Waals surface area contributed by atoms with Crippen LogP contribution in [0.4, 0.5) is 0 Å². The molecule has 0 heterocycles. The van der Waals surface area contributed by atoms with Crippen molar-refractivity contribution in [2.24, 2.45) is 0 Å². The molecule has 0 rings (SSSR count).